The molecule has 6 heteroatoms. The second kappa shape index (κ2) is 6.50. The van der Waals surface area contributed by atoms with Crippen LogP contribution in [0.2, 0.25) is 0 Å². The van der Waals surface area contributed by atoms with Crippen molar-refractivity contribution in [1.29, 1.82) is 0 Å². The summed E-state index contributed by atoms with van der Waals surface area (Å²) >= 11 is 0. The number of rotatable bonds is 5. The molecule has 1 saturated carbocycles. The molecule has 0 spiro atoms. The number of amides is 1. The highest BCUT2D eigenvalue weighted by atomic mass is 19.1. The number of ether oxygens (including phenoxy) is 1. The molecule has 1 aromatic heterocycles. The minimum Gasteiger partial charge on any atom is -0.487 e. The monoisotopic (exact) mass is 343 g/mol. The average molecular weight is 343 g/mol. The number of carbonyl (C=O) groups is 1. The lowest BCUT2D eigenvalue weighted by molar-refractivity contribution is 0.0591. The van der Waals surface area contributed by atoms with Crippen LogP contribution in [0.25, 0.3) is 0 Å². The maximum Gasteiger partial charge on any atom is 0.272 e. The minimum atomic E-state index is -0.335. The number of aromatic nitrogens is 2. The van der Waals surface area contributed by atoms with Crippen LogP contribution in [0.5, 0.6) is 5.75 Å². The molecule has 5 nitrogen and oxygen atoms in total. The fourth-order valence-electron chi connectivity index (χ4n) is 3.78. The number of fused-ring (bicyclic) bond motifs is 1. The van der Waals surface area contributed by atoms with Gasteiger partial charge >= 0.3 is 0 Å². The van der Waals surface area contributed by atoms with E-state index in [1.54, 1.807) is 22.9 Å². The van der Waals surface area contributed by atoms with E-state index in [2.05, 4.69) is 12.0 Å². The van der Waals surface area contributed by atoms with Crippen LogP contribution in [-0.4, -0.2) is 33.7 Å². The summed E-state index contributed by atoms with van der Waals surface area (Å²) in [6.07, 6.45) is 2.44. The van der Waals surface area contributed by atoms with Crippen molar-refractivity contribution in [3.8, 4) is 5.75 Å². The van der Waals surface area contributed by atoms with Gasteiger partial charge in [0.25, 0.3) is 5.91 Å². The molecule has 0 unspecified atom stereocenters. The van der Waals surface area contributed by atoms with Crippen molar-refractivity contribution in [2.75, 3.05) is 13.1 Å². The van der Waals surface area contributed by atoms with E-state index < -0.39 is 0 Å². The average Bonchev–Trinajstić information content (AvgIpc) is 2.98. The predicted molar refractivity (Wildman–Crippen MR) is 90.8 cm³/mol. The highest BCUT2D eigenvalue weighted by Crippen LogP contribution is 2.34. The third-order valence-electron chi connectivity index (χ3n) is 5.05. The standard InChI is InChI=1S/C19H22FN3O2/c1-13-7-14(8-13)11-22-5-6-23-18(19(22)24)10-16(21-23)12-25-17-4-2-3-15(20)9-17/h2-4,9-10,13-14H,5-8,11-12H2,1H3. The third-order valence-corrected chi connectivity index (χ3v) is 5.05. The van der Waals surface area contributed by atoms with Gasteiger partial charge in [-0.15, -0.1) is 0 Å². The van der Waals surface area contributed by atoms with Crippen LogP contribution in [0.1, 0.15) is 35.9 Å². The van der Waals surface area contributed by atoms with Crippen molar-refractivity contribution in [2.24, 2.45) is 11.8 Å². The maximum atomic E-state index is 13.2. The summed E-state index contributed by atoms with van der Waals surface area (Å²) in [7, 11) is 0. The Labute approximate surface area is 146 Å². The van der Waals surface area contributed by atoms with Crippen LogP contribution in [0.3, 0.4) is 0 Å². The first-order valence-electron chi connectivity index (χ1n) is 8.83. The summed E-state index contributed by atoms with van der Waals surface area (Å²) in [5.74, 6) is 1.61. The molecule has 2 heterocycles. The van der Waals surface area contributed by atoms with E-state index in [0.29, 0.717) is 36.1 Å². The molecule has 1 fully saturated rings. The number of nitrogens with zero attached hydrogens (tertiary/aromatic N) is 3. The Morgan fingerprint density at radius 1 is 1.28 bits per heavy atom. The van der Waals surface area contributed by atoms with Gasteiger partial charge in [-0.05, 0) is 42.9 Å². The first kappa shape index (κ1) is 16.1. The summed E-state index contributed by atoms with van der Waals surface area (Å²) in [6.45, 7) is 4.75. The number of halogens is 1. The fraction of sp³-hybridized carbons (Fsp3) is 0.474. The molecule has 2 aromatic rings. The Bertz CT molecular complexity index is 783. The fourth-order valence-corrected chi connectivity index (χ4v) is 3.78. The van der Waals surface area contributed by atoms with Gasteiger partial charge in [0.15, 0.2) is 0 Å². The lowest BCUT2D eigenvalue weighted by Gasteiger charge is -2.38. The van der Waals surface area contributed by atoms with Crippen LogP contribution >= 0.6 is 0 Å². The van der Waals surface area contributed by atoms with Gasteiger partial charge in [-0.1, -0.05) is 13.0 Å². The van der Waals surface area contributed by atoms with Crippen molar-refractivity contribution < 1.29 is 13.9 Å². The van der Waals surface area contributed by atoms with Gasteiger partial charge in [-0.3, -0.25) is 9.48 Å². The molecule has 0 bridgehead atoms. The predicted octanol–water partition coefficient (Wildman–Crippen LogP) is 3.10. The molecule has 0 atom stereocenters. The van der Waals surface area contributed by atoms with Crippen molar-refractivity contribution in [1.82, 2.24) is 14.7 Å². The van der Waals surface area contributed by atoms with Gasteiger partial charge in [0.1, 0.15) is 29.6 Å². The van der Waals surface area contributed by atoms with E-state index >= 15 is 0 Å². The molecule has 1 aliphatic heterocycles. The molecular formula is C19H22FN3O2. The zero-order chi connectivity index (χ0) is 17.4. The Balaban J connectivity index is 1.40. The van der Waals surface area contributed by atoms with Gasteiger partial charge in [0.2, 0.25) is 0 Å². The second-order valence-electron chi connectivity index (χ2n) is 7.18. The molecule has 25 heavy (non-hydrogen) atoms. The number of hydrogen-bond donors (Lipinski definition) is 0. The molecule has 0 N–H and O–H groups in total. The molecule has 1 aromatic carbocycles. The number of benzene rings is 1. The summed E-state index contributed by atoms with van der Waals surface area (Å²) in [5, 5.41) is 4.45. The number of hydrogen-bond acceptors (Lipinski definition) is 3. The summed E-state index contributed by atoms with van der Waals surface area (Å²) in [5.41, 5.74) is 1.31. The normalized spacial score (nSPS) is 22.5. The van der Waals surface area contributed by atoms with Crippen LogP contribution in [-0.2, 0) is 13.2 Å². The summed E-state index contributed by atoms with van der Waals surface area (Å²) in [6, 6.07) is 7.80. The highest BCUT2D eigenvalue weighted by molar-refractivity contribution is 5.93. The van der Waals surface area contributed by atoms with Crippen LogP contribution in [0.15, 0.2) is 30.3 Å². The van der Waals surface area contributed by atoms with Gasteiger partial charge in [0, 0.05) is 19.2 Å². The van der Waals surface area contributed by atoms with Gasteiger partial charge in [-0.25, -0.2) is 4.39 Å². The van der Waals surface area contributed by atoms with Crippen LogP contribution in [0, 0.1) is 17.7 Å². The summed E-state index contributed by atoms with van der Waals surface area (Å²) in [4.78, 5) is 14.6. The van der Waals surface area contributed by atoms with Crippen LogP contribution < -0.4 is 4.74 Å². The first-order chi connectivity index (χ1) is 12.1. The molecule has 4 rings (SSSR count). The van der Waals surface area contributed by atoms with E-state index in [1.165, 1.54) is 25.0 Å². The Morgan fingerprint density at radius 2 is 2.12 bits per heavy atom. The van der Waals surface area contributed by atoms with Gasteiger partial charge in [0.05, 0.1) is 6.54 Å². The van der Waals surface area contributed by atoms with Crippen molar-refractivity contribution in [3.05, 3.63) is 47.5 Å². The van der Waals surface area contributed by atoms with Crippen molar-refractivity contribution >= 4 is 5.91 Å². The topological polar surface area (TPSA) is 47.4 Å². The van der Waals surface area contributed by atoms with Crippen molar-refractivity contribution in [3.63, 3.8) is 0 Å². The Kier molecular flexibility index (Phi) is 4.19. The quantitative estimate of drug-likeness (QED) is 0.838. The first-order valence-corrected chi connectivity index (χ1v) is 8.83. The lowest BCUT2D eigenvalue weighted by atomic mass is 9.76. The second-order valence-corrected chi connectivity index (χ2v) is 7.18. The molecule has 1 aliphatic carbocycles. The smallest absolute Gasteiger partial charge is 0.272 e. The summed E-state index contributed by atoms with van der Waals surface area (Å²) < 4.78 is 20.5. The van der Waals surface area contributed by atoms with Crippen molar-refractivity contribution in [2.45, 2.75) is 32.9 Å². The Morgan fingerprint density at radius 3 is 2.88 bits per heavy atom. The molecule has 0 saturated heterocycles. The molecule has 2 aliphatic rings. The largest absolute Gasteiger partial charge is 0.487 e. The number of carbonyl (C=O) groups excluding carboxylic acids is 1. The van der Waals surface area contributed by atoms with Gasteiger partial charge in [-0.2, -0.15) is 5.10 Å². The van der Waals surface area contributed by atoms with E-state index in [-0.39, 0.29) is 18.3 Å². The van der Waals surface area contributed by atoms with Gasteiger partial charge < -0.3 is 9.64 Å². The third kappa shape index (κ3) is 3.38. The van der Waals surface area contributed by atoms with E-state index in [0.717, 1.165) is 12.5 Å². The lowest BCUT2D eigenvalue weighted by Crippen LogP contribution is -2.44. The van der Waals surface area contributed by atoms with E-state index in [9.17, 15) is 9.18 Å². The molecule has 132 valence electrons. The van der Waals surface area contributed by atoms with Crippen LogP contribution in [0.4, 0.5) is 4.39 Å². The molecular weight excluding hydrogens is 321 g/mol. The SMILES string of the molecule is CC1CC(CN2CCn3nc(COc4cccc(F)c4)cc3C2=O)C1. The highest BCUT2D eigenvalue weighted by Gasteiger charge is 2.32. The maximum absolute atomic E-state index is 13.2. The zero-order valence-corrected chi connectivity index (χ0v) is 14.3. The molecule has 1 amide bonds. The molecule has 0 radical (unpaired) electrons. The van der Waals surface area contributed by atoms with E-state index in [4.69, 9.17) is 4.74 Å². The zero-order valence-electron chi connectivity index (χ0n) is 14.3. The van der Waals surface area contributed by atoms with E-state index in [1.807, 2.05) is 4.90 Å². The minimum absolute atomic E-state index is 0.0512. The Hall–Kier alpha value is -2.37.